The molecule has 0 saturated heterocycles. The van der Waals surface area contributed by atoms with E-state index in [1.54, 1.807) is 0 Å². The van der Waals surface area contributed by atoms with Crippen molar-refractivity contribution in [1.29, 1.82) is 0 Å². The summed E-state index contributed by atoms with van der Waals surface area (Å²) in [6.45, 7) is 16.3. The van der Waals surface area contributed by atoms with Crippen LogP contribution in [0.4, 0.5) is 0 Å². The van der Waals surface area contributed by atoms with Crippen LogP contribution in [0.25, 0.3) is 0 Å². The summed E-state index contributed by atoms with van der Waals surface area (Å²) in [5.74, 6) is 0.865. The lowest BCUT2D eigenvalue weighted by molar-refractivity contribution is -0.122. The Bertz CT molecular complexity index is 223. The Balaban J connectivity index is 4.40. The fraction of sp³-hybridized carbons (Fsp3) is 0.923. The fourth-order valence-corrected chi connectivity index (χ4v) is 5.14. The quantitative estimate of drug-likeness (QED) is 0.608. The van der Waals surface area contributed by atoms with Gasteiger partial charge in [0.2, 0.25) is 0 Å². The minimum absolute atomic E-state index is 0.364. The molecule has 0 aromatic heterocycles. The van der Waals surface area contributed by atoms with Crippen molar-refractivity contribution in [3.8, 4) is 0 Å². The SMILES string of the molecule is CCC(=O)C(CC[Si](C)(C)C)C[Si](C)(C)C. The molecule has 0 aliphatic carbocycles. The van der Waals surface area contributed by atoms with Crippen molar-refractivity contribution in [3.63, 3.8) is 0 Å². The molecule has 0 radical (unpaired) electrons. The Morgan fingerprint density at radius 2 is 1.50 bits per heavy atom. The van der Waals surface area contributed by atoms with E-state index in [1.165, 1.54) is 12.1 Å². The van der Waals surface area contributed by atoms with Crippen molar-refractivity contribution < 1.29 is 4.79 Å². The van der Waals surface area contributed by atoms with Crippen LogP contribution in [0.1, 0.15) is 19.8 Å². The number of ketones is 1. The van der Waals surface area contributed by atoms with Gasteiger partial charge in [0.1, 0.15) is 5.78 Å². The van der Waals surface area contributed by atoms with Gasteiger partial charge in [-0.25, -0.2) is 0 Å². The van der Waals surface area contributed by atoms with Crippen molar-refractivity contribution >= 4 is 21.9 Å². The van der Waals surface area contributed by atoms with Gasteiger partial charge in [0.15, 0.2) is 0 Å². The van der Waals surface area contributed by atoms with Crippen molar-refractivity contribution in [1.82, 2.24) is 0 Å². The summed E-state index contributed by atoms with van der Waals surface area (Å²) in [6, 6.07) is 2.48. The Hall–Kier alpha value is 0.104. The van der Waals surface area contributed by atoms with E-state index >= 15 is 0 Å². The molecule has 0 saturated carbocycles. The van der Waals surface area contributed by atoms with Gasteiger partial charge in [0, 0.05) is 28.5 Å². The standard InChI is InChI=1S/C13H30OSi2/c1-8-13(14)12(11-16(5,6)7)9-10-15(2,3)4/h12H,8-11H2,1-7H3. The zero-order valence-corrected chi connectivity index (χ0v) is 14.3. The Morgan fingerprint density at radius 3 is 1.81 bits per heavy atom. The van der Waals surface area contributed by atoms with Gasteiger partial charge in [0.05, 0.1) is 0 Å². The third kappa shape index (κ3) is 8.28. The summed E-state index contributed by atoms with van der Waals surface area (Å²) in [6.07, 6.45) is 1.87. The second kappa shape index (κ2) is 6.15. The van der Waals surface area contributed by atoms with E-state index in [0.717, 1.165) is 12.8 Å². The molecular formula is C13H30OSi2. The molecule has 0 aromatic rings. The predicted octanol–water partition coefficient (Wildman–Crippen LogP) is 4.65. The molecule has 0 aliphatic heterocycles. The van der Waals surface area contributed by atoms with E-state index in [0.29, 0.717) is 11.7 Å². The summed E-state index contributed by atoms with van der Waals surface area (Å²) < 4.78 is 0. The molecule has 0 fully saturated rings. The molecule has 0 heterocycles. The number of rotatable bonds is 7. The van der Waals surface area contributed by atoms with Gasteiger partial charge in [-0.3, -0.25) is 4.79 Å². The molecule has 0 aliphatic rings. The molecule has 0 spiro atoms. The van der Waals surface area contributed by atoms with E-state index in [9.17, 15) is 4.79 Å². The number of carbonyl (C=O) groups is 1. The van der Waals surface area contributed by atoms with E-state index < -0.39 is 16.1 Å². The lowest BCUT2D eigenvalue weighted by Crippen LogP contribution is -2.30. The van der Waals surface area contributed by atoms with Gasteiger partial charge in [-0.1, -0.05) is 52.2 Å². The van der Waals surface area contributed by atoms with Crippen LogP contribution < -0.4 is 0 Å². The second-order valence-electron chi connectivity index (χ2n) is 7.38. The summed E-state index contributed by atoms with van der Waals surface area (Å²) in [7, 11) is -2.09. The normalized spacial score (nSPS) is 14.9. The molecule has 16 heavy (non-hydrogen) atoms. The maximum absolute atomic E-state index is 11.9. The Morgan fingerprint density at radius 1 is 1.00 bits per heavy atom. The van der Waals surface area contributed by atoms with Crippen LogP contribution in [0.5, 0.6) is 0 Å². The van der Waals surface area contributed by atoms with Crippen molar-refractivity contribution in [2.75, 3.05) is 0 Å². The van der Waals surface area contributed by atoms with Gasteiger partial charge < -0.3 is 0 Å². The van der Waals surface area contributed by atoms with Crippen molar-refractivity contribution in [2.45, 2.75) is 71.1 Å². The zero-order valence-electron chi connectivity index (χ0n) is 12.3. The highest BCUT2D eigenvalue weighted by Gasteiger charge is 2.26. The van der Waals surface area contributed by atoms with E-state index in [1.807, 2.05) is 6.92 Å². The first kappa shape index (κ1) is 16.1. The third-order valence-electron chi connectivity index (χ3n) is 2.91. The summed E-state index contributed by atoms with van der Waals surface area (Å²) in [5.41, 5.74) is 0. The number of Topliss-reactive ketones (excluding diaryl/α,β-unsaturated/α-hetero) is 1. The Kier molecular flexibility index (Phi) is 6.19. The maximum Gasteiger partial charge on any atom is 0.135 e. The number of hydrogen-bond acceptors (Lipinski definition) is 1. The first-order chi connectivity index (χ1) is 7.05. The third-order valence-corrected chi connectivity index (χ3v) is 6.41. The van der Waals surface area contributed by atoms with Crippen LogP contribution in [-0.4, -0.2) is 21.9 Å². The largest absolute Gasteiger partial charge is 0.299 e. The summed E-state index contributed by atoms with van der Waals surface area (Å²) in [4.78, 5) is 11.9. The first-order valence-electron chi connectivity index (χ1n) is 6.58. The molecule has 0 amide bonds. The van der Waals surface area contributed by atoms with Crippen LogP contribution in [-0.2, 0) is 4.79 Å². The van der Waals surface area contributed by atoms with Crippen molar-refractivity contribution in [2.24, 2.45) is 5.92 Å². The molecule has 1 atom stereocenters. The highest BCUT2D eigenvalue weighted by molar-refractivity contribution is 6.76. The monoisotopic (exact) mass is 258 g/mol. The topological polar surface area (TPSA) is 17.1 Å². The maximum atomic E-state index is 11.9. The highest BCUT2D eigenvalue weighted by Crippen LogP contribution is 2.26. The smallest absolute Gasteiger partial charge is 0.135 e. The van der Waals surface area contributed by atoms with Crippen LogP contribution in [0, 0.1) is 5.92 Å². The molecular weight excluding hydrogens is 228 g/mol. The molecule has 96 valence electrons. The van der Waals surface area contributed by atoms with Gasteiger partial charge in [-0.2, -0.15) is 0 Å². The molecule has 3 heteroatoms. The van der Waals surface area contributed by atoms with Crippen LogP contribution in [0.15, 0.2) is 0 Å². The van der Waals surface area contributed by atoms with Gasteiger partial charge in [-0.15, -0.1) is 0 Å². The predicted molar refractivity (Wildman–Crippen MR) is 79.7 cm³/mol. The number of hydrogen-bond donors (Lipinski definition) is 0. The summed E-state index contributed by atoms with van der Waals surface area (Å²) >= 11 is 0. The van der Waals surface area contributed by atoms with Crippen LogP contribution in [0.2, 0.25) is 51.4 Å². The average Bonchev–Trinajstić information content (AvgIpc) is 2.07. The molecule has 1 unspecified atom stereocenters. The van der Waals surface area contributed by atoms with E-state index in [4.69, 9.17) is 0 Å². The minimum Gasteiger partial charge on any atom is -0.299 e. The van der Waals surface area contributed by atoms with Crippen molar-refractivity contribution in [3.05, 3.63) is 0 Å². The van der Waals surface area contributed by atoms with Gasteiger partial charge in [0.25, 0.3) is 0 Å². The van der Waals surface area contributed by atoms with Gasteiger partial charge >= 0.3 is 0 Å². The molecule has 0 rings (SSSR count). The average molecular weight is 259 g/mol. The first-order valence-corrected chi connectivity index (χ1v) is 14.0. The number of carbonyl (C=O) groups excluding carboxylic acids is 1. The molecule has 0 bridgehead atoms. The van der Waals surface area contributed by atoms with E-state index in [2.05, 4.69) is 39.3 Å². The highest BCUT2D eigenvalue weighted by atomic mass is 28.3. The summed E-state index contributed by atoms with van der Waals surface area (Å²) in [5, 5.41) is 0. The lowest BCUT2D eigenvalue weighted by Gasteiger charge is -2.26. The van der Waals surface area contributed by atoms with E-state index in [-0.39, 0.29) is 0 Å². The molecule has 0 N–H and O–H groups in total. The minimum atomic E-state index is -1.10. The fourth-order valence-electron chi connectivity index (χ4n) is 2.01. The molecule has 0 aromatic carbocycles. The van der Waals surface area contributed by atoms with Crippen LogP contribution in [0.3, 0.4) is 0 Å². The zero-order chi connectivity index (χ0) is 13.0. The molecule has 1 nitrogen and oxygen atoms in total. The Labute approximate surface area is 104 Å². The second-order valence-corrected chi connectivity index (χ2v) is 18.5. The lowest BCUT2D eigenvalue weighted by atomic mass is 10.0. The van der Waals surface area contributed by atoms with Gasteiger partial charge in [-0.05, 0) is 12.5 Å². The van der Waals surface area contributed by atoms with Crippen LogP contribution >= 0.6 is 0 Å².